The van der Waals surface area contributed by atoms with Crippen molar-refractivity contribution in [3.8, 4) is 0 Å². The Balaban J connectivity index is 1.63. The van der Waals surface area contributed by atoms with Crippen molar-refractivity contribution in [1.82, 2.24) is 15.2 Å². The van der Waals surface area contributed by atoms with E-state index in [2.05, 4.69) is 10.9 Å². The van der Waals surface area contributed by atoms with Gasteiger partial charge in [-0.25, -0.2) is 8.42 Å². The molecule has 4 N–H and O–H groups in total. The fourth-order valence-electron chi connectivity index (χ4n) is 2.93. The Morgan fingerprint density at radius 3 is 1.97 bits per heavy atom. The maximum absolute atomic E-state index is 12.5. The van der Waals surface area contributed by atoms with Crippen LogP contribution in [-0.2, 0) is 10.0 Å². The van der Waals surface area contributed by atoms with E-state index < -0.39 is 27.7 Å². The predicted octanol–water partition coefficient (Wildman–Crippen LogP) is 0.645. The van der Waals surface area contributed by atoms with Crippen molar-refractivity contribution in [1.29, 1.82) is 0 Å². The van der Waals surface area contributed by atoms with Crippen molar-refractivity contribution in [2.24, 2.45) is 5.73 Å². The zero-order chi connectivity index (χ0) is 21.0. The molecular weight excluding hydrogens is 396 g/mol. The highest BCUT2D eigenvalue weighted by molar-refractivity contribution is 7.89. The van der Waals surface area contributed by atoms with Gasteiger partial charge < -0.3 is 5.73 Å². The molecule has 0 aliphatic carbocycles. The van der Waals surface area contributed by atoms with E-state index >= 15 is 0 Å². The van der Waals surface area contributed by atoms with Crippen molar-refractivity contribution in [3.63, 3.8) is 0 Å². The Labute approximate surface area is 167 Å². The quantitative estimate of drug-likeness (QED) is 0.614. The summed E-state index contributed by atoms with van der Waals surface area (Å²) >= 11 is 0. The number of primary amides is 1. The summed E-state index contributed by atoms with van der Waals surface area (Å²) in [5.74, 6) is -1.92. The smallest absolute Gasteiger partial charge is 0.269 e. The number of nitrogens with two attached hydrogens (primary N) is 1. The van der Waals surface area contributed by atoms with Gasteiger partial charge in [-0.3, -0.25) is 25.2 Å². The molecule has 29 heavy (non-hydrogen) atoms. The van der Waals surface area contributed by atoms with Gasteiger partial charge in [0.1, 0.15) is 0 Å². The largest absolute Gasteiger partial charge is 0.366 e. The molecule has 2 aromatic carbocycles. The van der Waals surface area contributed by atoms with Crippen LogP contribution in [0.2, 0.25) is 0 Å². The molecule has 2 aromatic rings. The van der Waals surface area contributed by atoms with Gasteiger partial charge in [0.05, 0.1) is 4.90 Å². The summed E-state index contributed by atoms with van der Waals surface area (Å²) in [7, 11) is -3.56. The van der Waals surface area contributed by atoms with Crippen molar-refractivity contribution in [2.75, 3.05) is 13.1 Å². The molecule has 0 spiro atoms. The summed E-state index contributed by atoms with van der Waals surface area (Å²) in [5.41, 5.74) is 10.1. The van der Waals surface area contributed by atoms with E-state index in [0.717, 1.165) is 12.8 Å². The summed E-state index contributed by atoms with van der Waals surface area (Å²) in [4.78, 5) is 35.6. The van der Waals surface area contributed by atoms with E-state index in [1.54, 1.807) is 0 Å². The first kappa shape index (κ1) is 20.5. The molecule has 1 aliphatic rings. The molecule has 0 saturated carbocycles. The van der Waals surface area contributed by atoms with Crippen molar-refractivity contribution in [3.05, 3.63) is 65.2 Å². The molecule has 10 heteroatoms. The molecular formula is C19H20N4O5S. The Morgan fingerprint density at radius 1 is 0.828 bits per heavy atom. The molecule has 0 atom stereocenters. The van der Waals surface area contributed by atoms with Gasteiger partial charge in [0, 0.05) is 29.8 Å². The number of rotatable bonds is 5. The van der Waals surface area contributed by atoms with Crippen LogP contribution in [0.15, 0.2) is 53.4 Å². The number of hydrogen-bond donors (Lipinski definition) is 3. The fraction of sp³-hybridized carbons (Fsp3) is 0.211. The van der Waals surface area contributed by atoms with E-state index in [-0.39, 0.29) is 21.6 Å². The number of carbonyl (C=O) groups excluding carboxylic acids is 3. The Bertz CT molecular complexity index is 1040. The maximum Gasteiger partial charge on any atom is 0.269 e. The van der Waals surface area contributed by atoms with Crippen LogP contribution >= 0.6 is 0 Å². The van der Waals surface area contributed by atoms with Crippen molar-refractivity contribution < 1.29 is 22.8 Å². The molecule has 1 heterocycles. The van der Waals surface area contributed by atoms with Crippen molar-refractivity contribution >= 4 is 27.7 Å². The van der Waals surface area contributed by atoms with Gasteiger partial charge in [0.15, 0.2) is 0 Å². The molecule has 0 aromatic heterocycles. The van der Waals surface area contributed by atoms with Gasteiger partial charge in [0.2, 0.25) is 15.9 Å². The first-order valence-corrected chi connectivity index (χ1v) is 10.3. The molecule has 1 fully saturated rings. The monoisotopic (exact) mass is 416 g/mol. The molecule has 0 unspecified atom stereocenters. The highest BCUT2D eigenvalue weighted by Gasteiger charge is 2.27. The normalized spacial score (nSPS) is 14.3. The van der Waals surface area contributed by atoms with Gasteiger partial charge >= 0.3 is 0 Å². The van der Waals surface area contributed by atoms with Crippen LogP contribution in [0.25, 0.3) is 0 Å². The van der Waals surface area contributed by atoms with E-state index in [0.29, 0.717) is 13.1 Å². The third kappa shape index (κ3) is 4.61. The summed E-state index contributed by atoms with van der Waals surface area (Å²) in [5, 5.41) is 0. The van der Waals surface area contributed by atoms with E-state index in [4.69, 9.17) is 5.73 Å². The van der Waals surface area contributed by atoms with Crippen molar-refractivity contribution in [2.45, 2.75) is 17.7 Å². The molecule has 3 rings (SSSR count). The van der Waals surface area contributed by atoms with Gasteiger partial charge in [-0.2, -0.15) is 4.31 Å². The zero-order valence-corrected chi connectivity index (χ0v) is 16.2. The molecule has 0 radical (unpaired) electrons. The highest BCUT2D eigenvalue weighted by atomic mass is 32.2. The Kier molecular flexibility index (Phi) is 5.95. The summed E-state index contributed by atoms with van der Waals surface area (Å²) in [6, 6.07) is 11.2. The molecule has 3 amide bonds. The Hall–Kier alpha value is -3.24. The standard InChI is InChI=1S/C19H20N4O5S/c20-17(24)14-4-3-5-15(12-14)19(26)22-21-18(25)13-6-8-16(9-7-13)29(27,28)23-10-1-2-11-23/h3-9,12H,1-2,10-11H2,(H2,20,24)(H,21,25)(H,22,26). The van der Waals surface area contributed by atoms with Gasteiger partial charge in [0.25, 0.3) is 11.8 Å². The lowest BCUT2D eigenvalue weighted by Gasteiger charge is -2.15. The number of nitrogens with zero attached hydrogens (tertiary/aromatic N) is 1. The van der Waals surface area contributed by atoms with Gasteiger partial charge in [-0.05, 0) is 55.3 Å². The number of benzene rings is 2. The van der Waals surface area contributed by atoms with Crippen LogP contribution in [0.5, 0.6) is 0 Å². The van der Waals surface area contributed by atoms with Crippen LogP contribution in [0, 0.1) is 0 Å². The number of nitrogens with one attached hydrogen (secondary N) is 2. The minimum Gasteiger partial charge on any atom is -0.366 e. The number of sulfonamides is 1. The third-order valence-corrected chi connectivity index (χ3v) is 6.43. The summed E-state index contributed by atoms with van der Waals surface area (Å²) in [6.07, 6.45) is 1.67. The second kappa shape index (κ2) is 8.41. The van der Waals surface area contributed by atoms with E-state index in [1.807, 2.05) is 0 Å². The van der Waals surface area contributed by atoms with Crippen LogP contribution in [0.1, 0.15) is 43.9 Å². The third-order valence-electron chi connectivity index (χ3n) is 4.52. The lowest BCUT2D eigenvalue weighted by molar-refractivity contribution is 0.0846. The zero-order valence-electron chi connectivity index (χ0n) is 15.4. The van der Waals surface area contributed by atoms with E-state index in [1.165, 1.54) is 52.8 Å². The maximum atomic E-state index is 12.5. The summed E-state index contributed by atoms with van der Waals surface area (Å²) in [6.45, 7) is 0.987. The average molecular weight is 416 g/mol. The van der Waals surface area contributed by atoms with Gasteiger partial charge in [-0.15, -0.1) is 0 Å². The summed E-state index contributed by atoms with van der Waals surface area (Å²) < 4.78 is 26.4. The van der Waals surface area contributed by atoms with Crippen LogP contribution in [0.4, 0.5) is 0 Å². The van der Waals surface area contributed by atoms with Gasteiger partial charge in [-0.1, -0.05) is 6.07 Å². The minimum atomic E-state index is -3.56. The minimum absolute atomic E-state index is 0.114. The van der Waals surface area contributed by atoms with Crippen LogP contribution in [-0.4, -0.2) is 43.5 Å². The number of hydrogen-bond acceptors (Lipinski definition) is 5. The molecule has 9 nitrogen and oxygen atoms in total. The van der Waals surface area contributed by atoms with Crippen LogP contribution < -0.4 is 16.6 Å². The highest BCUT2D eigenvalue weighted by Crippen LogP contribution is 2.21. The SMILES string of the molecule is NC(=O)c1cccc(C(=O)NNC(=O)c2ccc(S(=O)(=O)N3CCCC3)cc2)c1. The van der Waals surface area contributed by atoms with E-state index in [9.17, 15) is 22.8 Å². The van der Waals surface area contributed by atoms with Crippen LogP contribution in [0.3, 0.4) is 0 Å². The predicted molar refractivity (Wildman–Crippen MR) is 104 cm³/mol. The first-order valence-electron chi connectivity index (χ1n) is 8.90. The molecule has 1 aliphatic heterocycles. The number of amides is 3. The lowest BCUT2D eigenvalue weighted by Crippen LogP contribution is -2.41. The molecule has 1 saturated heterocycles. The average Bonchev–Trinajstić information content (AvgIpc) is 3.27. The second-order valence-electron chi connectivity index (χ2n) is 6.49. The number of carbonyl (C=O) groups is 3. The Morgan fingerprint density at radius 2 is 1.38 bits per heavy atom. The topological polar surface area (TPSA) is 139 Å². The first-order chi connectivity index (χ1) is 13.8. The fourth-order valence-corrected chi connectivity index (χ4v) is 4.44. The molecule has 152 valence electrons. The number of hydrazine groups is 1. The molecule has 0 bridgehead atoms. The lowest BCUT2D eigenvalue weighted by atomic mass is 10.1. The second-order valence-corrected chi connectivity index (χ2v) is 8.43.